The fourth-order valence-electron chi connectivity index (χ4n) is 8.63. The van der Waals surface area contributed by atoms with Gasteiger partial charge in [-0.1, -0.05) is 52.8 Å². The lowest BCUT2D eigenvalue weighted by molar-refractivity contribution is -0.312. The van der Waals surface area contributed by atoms with Crippen molar-refractivity contribution >= 4 is 5.97 Å². The first-order valence-electron chi connectivity index (χ1n) is 14.3. The number of allylic oxidation sites excluding steroid dienone is 2. The molecule has 0 bridgehead atoms. The Bertz CT molecular complexity index is 977. The fraction of sp³-hybridized carbons (Fsp3) is 0.833. The molecule has 4 aliphatic rings. The number of hydrogen-bond acceptors (Lipinski definition) is 8. The van der Waals surface area contributed by atoms with E-state index in [-0.39, 0.29) is 29.6 Å². The molecular weight excluding hydrogens is 488 g/mol. The molecule has 216 valence electrons. The van der Waals surface area contributed by atoms with Gasteiger partial charge >= 0.3 is 5.97 Å². The summed E-state index contributed by atoms with van der Waals surface area (Å²) in [4.78, 5) is 12.4. The summed E-state index contributed by atoms with van der Waals surface area (Å²) in [5.41, 5.74) is -5.94. The lowest BCUT2D eigenvalue weighted by Gasteiger charge is -2.67. The maximum Gasteiger partial charge on any atom is 0.303 e. The zero-order valence-corrected chi connectivity index (χ0v) is 23.7. The van der Waals surface area contributed by atoms with Crippen molar-refractivity contribution in [2.45, 2.75) is 109 Å². The number of esters is 1. The van der Waals surface area contributed by atoms with Crippen LogP contribution < -0.4 is 0 Å². The van der Waals surface area contributed by atoms with Crippen molar-refractivity contribution in [3.05, 3.63) is 23.8 Å². The van der Waals surface area contributed by atoms with Crippen molar-refractivity contribution in [2.24, 2.45) is 40.4 Å². The molecule has 0 aromatic heterocycles. The molecule has 3 saturated carbocycles. The summed E-state index contributed by atoms with van der Waals surface area (Å²) >= 11 is 0. The number of hydrogen-bond donors (Lipinski definition) is 6. The maximum absolute atomic E-state index is 12.7. The third-order valence-corrected chi connectivity index (χ3v) is 11.2. The quantitative estimate of drug-likeness (QED) is 0.223. The van der Waals surface area contributed by atoms with Gasteiger partial charge < -0.3 is 35.4 Å². The van der Waals surface area contributed by atoms with E-state index in [0.717, 1.165) is 12.8 Å². The molecule has 0 radical (unpaired) electrons. The highest BCUT2D eigenvalue weighted by Crippen LogP contribution is 2.69. The van der Waals surface area contributed by atoms with E-state index in [1.807, 2.05) is 0 Å². The predicted octanol–water partition coefficient (Wildman–Crippen LogP) is 2.10. The summed E-state index contributed by atoms with van der Waals surface area (Å²) in [6.07, 6.45) is 1.82. The summed E-state index contributed by atoms with van der Waals surface area (Å²) in [5.74, 6) is 0.605. The molecule has 8 heteroatoms. The molecule has 0 amide bonds. The number of rotatable bonds is 6. The second-order valence-electron chi connectivity index (χ2n) is 13.4. The van der Waals surface area contributed by atoms with Gasteiger partial charge in [0.15, 0.2) is 0 Å². The van der Waals surface area contributed by atoms with Gasteiger partial charge in [-0.2, -0.15) is 0 Å². The first-order chi connectivity index (χ1) is 17.6. The number of carbonyl (C=O) groups excluding carboxylic acids is 1. The Morgan fingerprint density at radius 2 is 1.68 bits per heavy atom. The minimum atomic E-state index is -2.13. The lowest BCUT2D eigenvalue weighted by Crippen LogP contribution is -2.80. The molecule has 0 unspecified atom stereocenters. The van der Waals surface area contributed by atoms with Crippen molar-refractivity contribution in [3.8, 4) is 0 Å². The van der Waals surface area contributed by atoms with Crippen molar-refractivity contribution in [3.63, 3.8) is 0 Å². The second-order valence-corrected chi connectivity index (χ2v) is 13.4. The Hall–Kier alpha value is -1.29. The van der Waals surface area contributed by atoms with Gasteiger partial charge in [-0.25, -0.2) is 0 Å². The van der Waals surface area contributed by atoms with Gasteiger partial charge in [0, 0.05) is 13.3 Å². The van der Waals surface area contributed by atoms with E-state index in [1.165, 1.54) is 13.0 Å². The average molecular weight is 537 g/mol. The van der Waals surface area contributed by atoms with Crippen LogP contribution in [0.4, 0.5) is 0 Å². The Kier molecular flexibility index (Phi) is 7.78. The smallest absolute Gasteiger partial charge is 0.303 e. The van der Waals surface area contributed by atoms with Crippen molar-refractivity contribution in [2.75, 3.05) is 6.61 Å². The van der Waals surface area contributed by atoms with Crippen LogP contribution in [0.15, 0.2) is 23.8 Å². The van der Waals surface area contributed by atoms with Crippen LogP contribution in [0.2, 0.25) is 0 Å². The lowest BCUT2D eigenvalue weighted by atomic mass is 9.42. The summed E-state index contributed by atoms with van der Waals surface area (Å²) in [7, 11) is 0. The zero-order valence-electron chi connectivity index (χ0n) is 23.7. The largest absolute Gasteiger partial charge is 0.459 e. The Balaban J connectivity index is 1.84. The third-order valence-electron chi connectivity index (χ3n) is 11.2. The van der Waals surface area contributed by atoms with Gasteiger partial charge in [0.25, 0.3) is 0 Å². The highest BCUT2D eigenvalue weighted by atomic mass is 16.6. The minimum absolute atomic E-state index is 0.186. The molecule has 4 aliphatic carbocycles. The molecule has 6 N–H and O–H groups in total. The number of aliphatic hydroxyl groups is 6. The van der Waals surface area contributed by atoms with E-state index >= 15 is 0 Å². The first-order valence-corrected chi connectivity index (χ1v) is 14.3. The molecule has 4 rings (SSSR count). The summed E-state index contributed by atoms with van der Waals surface area (Å²) in [6.45, 7) is 11.4. The predicted molar refractivity (Wildman–Crippen MR) is 142 cm³/mol. The van der Waals surface area contributed by atoms with E-state index in [9.17, 15) is 35.4 Å². The molecule has 38 heavy (non-hydrogen) atoms. The van der Waals surface area contributed by atoms with E-state index < -0.39 is 60.0 Å². The second kappa shape index (κ2) is 9.96. The monoisotopic (exact) mass is 536 g/mol. The van der Waals surface area contributed by atoms with E-state index in [0.29, 0.717) is 23.8 Å². The molecule has 3 fully saturated rings. The van der Waals surface area contributed by atoms with Crippen molar-refractivity contribution in [1.29, 1.82) is 0 Å². The zero-order chi connectivity index (χ0) is 28.4. The van der Waals surface area contributed by atoms with Crippen molar-refractivity contribution < 1.29 is 40.2 Å². The molecule has 0 spiro atoms. The normalized spacial score (nSPS) is 48.2. The summed E-state index contributed by atoms with van der Waals surface area (Å²) in [6, 6.07) is 0. The van der Waals surface area contributed by atoms with Gasteiger partial charge in [0.05, 0.1) is 24.2 Å². The van der Waals surface area contributed by atoms with Gasteiger partial charge in [-0.15, -0.1) is 0 Å². The van der Waals surface area contributed by atoms with E-state index in [2.05, 4.69) is 46.8 Å². The number of carbonyl (C=O) groups is 1. The van der Waals surface area contributed by atoms with Gasteiger partial charge in [0.1, 0.15) is 23.4 Å². The van der Waals surface area contributed by atoms with Gasteiger partial charge in [-0.3, -0.25) is 4.79 Å². The number of ether oxygens (including phenoxy) is 1. The van der Waals surface area contributed by atoms with Crippen LogP contribution in [0.1, 0.15) is 73.6 Å². The van der Waals surface area contributed by atoms with E-state index in [4.69, 9.17) is 4.74 Å². The van der Waals surface area contributed by atoms with Crippen LogP contribution >= 0.6 is 0 Å². The first kappa shape index (κ1) is 29.7. The topological polar surface area (TPSA) is 148 Å². The third kappa shape index (κ3) is 4.05. The van der Waals surface area contributed by atoms with Gasteiger partial charge in [0.2, 0.25) is 0 Å². The Morgan fingerprint density at radius 3 is 2.26 bits per heavy atom. The highest BCUT2D eigenvalue weighted by Gasteiger charge is 2.77. The maximum atomic E-state index is 12.7. The van der Waals surface area contributed by atoms with Crippen LogP contribution in [0.25, 0.3) is 0 Å². The van der Waals surface area contributed by atoms with Crippen LogP contribution in [-0.2, 0) is 9.53 Å². The van der Waals surface area contributed by atoms with Gasteiger partial charge in [-0.05, 0) is 66.3 Å². The number of fused-ring (bicyclic) bond motifs is 5. The van der Waals surface area contributed by atoms with Crippen LogP contribution in [0, 0.1) is 40.4 Å². The minimum Gasteiger partial charge on any atom is -0.459 e. The van der Waals surface area contributed by atoms with E-state index in [1.54, 1.807) is 0 Å². The van der Waals surface area contributed by atoms with Crippen LogP contribution in [0.3, 0.4) is 0 Å². The Labute approximate surface area is 226 Å². The van der Waals surface area contributed by atoms with Crippen LogP contribution in [0.5, 0.6) is 0 Å². The average Bonchev–Trinajstić information content (AvgIpc) is 3.17. The molecule has 8 nitrogen and oxygen atoms in total. The van der Waals surface area contributed by atoms with Crippen LogP contribution in [-0.4, -0.2) is 78.8 Å². The SMILES string of the molecule is CC(=O)O[C@@H]1C[C@]2(C)[C@@H]([C@H](C)/C=C/[C@@H](C)C(C)C)CC[C@H]2C2=C[C@@H](O)[C@@]3(O)C[C@@H](O)[C@H](O)C[C@]3(CO)[C@]21O. The highest BCUT2D eigenvalue weighted by molar-refractivity contribution is 5.66. The standard InChI is InChI=1S/C30H48O8/c1-16(2)17(3)7-8-18(4)20-9-10-21-22-11-25(35)29(36)13-24(34)23(33)12-28(29,15-31)30(22,37)26(38-19(5)32)14-27(20,21)6/h7-8,11,16-18,20-21,23-26,31,33-37H,9-10,12-15H2,1-6H3/b8-7+/t17-,18-,20-,21+,23-,24-,25-,26-,27-,28-,29+,30+/m1/s1. The number of aliphatic hydroxyl groups excluding tert-OH is 4. The molecule has 12 atom stereocenters. The molecule has 0 aromatic carbocycles. The molecule has 0 saturated heterocycles. The summed E-state index contributed by atoms with van der Waals surface area (Å²) < 4.78 is 5.82. The molecule has 0 aliphatic heterocycles. The summed E-state index contributed by atoms with van der Waals surface area (Å²) in [5, 5.41) is 67.7. The molecule has 0 aromatic rings. The Morgan fingerprint density at radius 1 is 1.05 bits per heavy atom. The molecule has 0 heterocycles. The van der Waals surface area contributed by atoms with Crippen molar-refractivity contribution in [1.82, 2.24) is 0 Å². The fourth-order valence-corrected chi connectivity index (χ4v) is 8.63. The molecular formula is C30H48O8.